The first kappa shape index (κ1) is 19.9. The fourth-order valence-electron chi connectivity index (χ4n) is 7.26. The number of piperidine rings is 1. The van der Waals surface area contributed by atoms with Crippen LogP contribution < -0.4 is 10.6 Å². The normalized spacial score (nSPS) is 33.9. The number of para-hydroxylation sites is 1. The standard InChI is InChI=1S/C25H35N3O2/c1-17(25-14-18-11-19(15-25)13-20(12-18)16-25)26-23(29)21-7-9-28(10-8-21)24(30)27-22-5-3-2-4-6-22/h2-6,17-21H,7-16H2,1H3,(H,26,29)(H,27,30)/t17-,18?,19?,20?,25?/m0/s1. The van der Waals surface area contributed by atoms with Crippen molar-refractivity contribution in [2.45, 2.75) is 64.3 Å². The molecule has 0 unspecified atom stereocenters. The average molecular weight is 410 g/mol. The summed E-state index contributed by atoms with van der Waals surface area (Å²) < 4.78 is 0. The average Bonchev–Trinajstić information content (AvgIpc) is 2.73. The summed E-state index contributed by atoms with van der Waals surface area (Å²) >= 11 is 0. The van der Waals surface area contributed by atoms with Crippen molar-refractivity contribution < 1.29 is 9.59 Å². The minimum Gasteiger partial charge on any atom is -0.353 e. The van der Waals surface area contributed by atoms with Crippen LogP contribution >= 0.6 is 0 Å². The Morgan fingerprint density at radius 2 is 1.53 bits per heavy atom. The van der Waals surface area contributed by atoms with Crippen LogP contribution in [-0.2, 0) is 4.79 Å². The molecule has 4 bridgehead atoms. The lowest BCUT2D eigenvalue weighted by Gasteiger charge is -2.59. The van der Waals surface area contributed by atoms with Crippen LogP contribution in [0, 0.1) is 29.1 Å². The highest BCUT2D eigenvalue weighted by Gasteiger charge is 2.53. The van der Waals surface area contributed by atoms with Crippen molar-refractivity contribution in [3.05, 3.63) is 30.3 Å². The van der Waals surface area contributed by atoms with Crippen molar-refractivity contribution in [2.24, 2.45) is 29.1 Å². The molecule has 0 aromatic heterocycles. The number of amides is 3. The second kappa shape index (κ2) is 7.90. The fraction of sp³-hybridized carbons (Fsp3) is 0.680. The first-order valence-corrected chi connectivity index (χ1v) is 11.9. The van der Waals surface area contributed by atoms with E-state index in [9.17, 15) is 9.59 Å². The summed E-state index contributed by atoms with van der Waals surface area (Å²) in [6.45, 7) is 3.54. The van der Waals surface area contributed by atoms with Crippen molar-refractivity contribution in [1.29, 1.82) is 0 Å². The van der Waals surface area contributed by atoms with Gasteiger partial charge in [0.2, 0.25) is 5.91 Å². The number of benzene rings is 1. The second-order valence-electron chi connectivity index (χ2n) is 10.6. The van der Waals surface area contributed by atoms with E-state index < -0.39 is 0 Å². The van der Waals surface area contributed by atoms with E-state index in [-0.39, 0.29) is 23.9 Å². The number of likely N-dealkylation sites (tertiary alicyclic amines) is 1. The Morgan fingerprint density at radius 1 is 0.967 bits per heavy atom. The molecule has 0 radical (unpaired) electrons. The van der Waals surface area contributed by atoms with E-state index in [4.69, 9.17) is 0 Å². The van der Waals surface area contributed by atoms with Gasteiger partial charge < -0.3 is 15.5 Å². The van der Waals surface area contributed by atoms with Crippen molar-refractivity contribution >= 4 is 17.6 Å². The van der Waals surface area contributed by atoms with Gasteiger partial charge in [-0.2, -0.15) is 0 Å². The van der Waals surface area contributed by atoms with E-state index in [1.165, 1.54) is 38.5 Å². The molecule has 6 rings (SSSR count). The Balaban J connectivity index is 1.12. The van der Waals surface area contributed by atoms with Gasteiger partial charge in [-0.15, -0.1) is 0 Å². The summed E-state index contributed by atoms with van der Waals surface area (Å²) in [5.41, 5.74) is 1.16. The topological polar surface area (TPSA) is 61.4 Å². The molecular weight excluding hydrogens is 374 g/mol. The first-order chi connectivity index (χ1) is 14.5. The number of anilines is 1. The summed E-state index contributed by atoms with van der Waals surface area (Å²) in [5.74, 6) is 2.95. The van der Waals surface area contributed by atoms with E-state index in [0.29, 0.717) is 18.5 Å². The van der Waals surface area contributed by atoms with E-state index in [1.54, 1.807) is 0 Å². The molecule has 1 saturated heterocycles. The Kier molecular flexibility index (Phi) is 5.24. The molecule has 5 fully saturated rings. The summed E-state index contributed by atoms with van der Waals surface area (Å²) in [5, 5.41) is 6.38. The van der Waals surface area contributed by atoms with Gasteiger partial charge in [0.15, 0.2) is 0 Å². The monoisotopic (exact) mass is 409 g/mol. The summed E-state index contributed by atoms with van der Waals surface area (Å²) in [7, 11) is 0. The molecular formula is C25H35N3O2. The van der Waals surface area contributed by atoms with Gasteiger partial charge in [0, 0.05) is 30.7 Å². The Bertz CT molecular complexity index is 750. The molecule has 1 aromatic carbocycles. The van der Waals surface area contributed by atoms with E-state index >= 15 is 0 Å². The minimum atomic E-state index is -0.0676. The molecule has 1 aromatic rings. The highest BCUT2D eigenvalue weighted by molar-refractivity contribution is 5.89. The van der Waals surface area contributed by atoms with Gasteiger partial charge in [0.1, 0.15) is 0 Å². The second-order valence-corrected chi connectivity index (χ2v) is 10.6. The van der Waals surface area contributed by atoms with Crippen LogP contribution in [0.15, 0.2) is 30.3 Å². The lowest BCUT2D eigenvalue weighted by atomic mass is 9.48. The lowest BCUT2D eigenvalue weighted by molar-refractivity contribution is -0.130. The quantitative estimate of drug-likeness (QED) is 0.760. The molecule has 4 aliphatic carbocycles. The largest absolute Gasteiger partial charge is 0.353 e. The van der Waals surface area contributed by atoms with Gasteiger partial charge in [-0.1, -0.05) is 18.2 Å². The van der Waals surface area contributed by atoms with Gasteiger partial charge in [-0.3, -0.25) is 4.79 Å². The van der Waals surface area contributed by atoms with E-state index in [0.717, 1.165) is 36.3 Å². The number of rotatable bonds is 4. The van der Waals surface area contributed by atoms with Crippen LogP contribution in [0.1, 0.15) is 58.3 Å². The number of carbonyl (C=O) groups excluding carboxylic acids is 2. The minimum absolute atomic E-state index is 0.0298. The van der Waals surface area contributed by atoms with Crippen molar-refractivity contribution in [2.75, 3.05) is 18.4 Å². The van der Waals surface area contributed by atoms with Crippen LogP contribution in [0.5, 0.6) is 0 Å². The number of hydrogen-bond donors (Lipinski definition) is 2. The molecule has 5 heteroatoms. The number of carbonyl (C=O) groups is 2. The molecule has 4 saturated carbocycles. The first-order valence-electron chi connectivity index (χ1n) is 11.9. The lowest BCUT2D eigenvalue weighted by Crippen LogP contribution is -2.57. The van der Waals surface area contributed by atoms with Crippen molar-refractivity contribution in [1.82, 2.24) is 10.2 Å². The zero-order chi connectivity index (χ0) is 20.7. The van der Waals surface area contributed by atoms with Crippen LogP contribution in [0.25, 0.3) is 0 Å². The fourth-order valence-corrected chi connectivity index (χ4v) is 7.26. The summed E-state index contributed by atoms with van der Waals surface area (Å²) in [4.78, 5) is 27.4. The van der Waals surface area contributed by atoms with Crippen molar-refractivity contribution in [3.63, 3.8) is 0 Å². The van der Waals surface area contributed by atoms with E-state index in [1.807, 2.05) is 35.2 Å². The Hall–Kier alpha value is -2.04. The molecule has 3 amide bonds. The third kappa shape index (κ3) is 3.83. The van der Waals surface area contributed by atoms with E-state index in [2.05, 4.69) is 17.6 Å². The molecule has 162 valence electrons. The Labute approximate surface area is 180 Å². The third-order valence-electron chi connectivity index (χ3n) is 8.54. The molecule has 0 spiro atoms. The maximum absolute atomic E-state index is 13.0. The zero-order valence-corrected chi connectivity index (χ0v) is 18.1. The van der Waals surface area contributed by atoms with Crippen LogP contribution in [0.4, 0.5) is 10.5 Å². The molecule has 1 aliphatic heterocycles. The number of nitrogens with zero attached hydrogens (tertiary/aromatic N) is 1. The summed E-state index contributed by atoms with van der Waals surface area (Å²) in [6, 6.07) is 9.76. The van der Waals surface area contributed by atoms with Crippen LogP contribution in [-0.4, -0.2) is 36.0 Å². The predicted octanol–water partition coefficient (Wildman–Crippen LogP) is 4.65. The van der Waals surface area contributed by atoms with Gasteiger partial charge in [0.25, 0.3) is 0 Å². The van der Waals surface area contributed by atoms with Gasteiger partial charge in [-0.25, -0.2) is 4.79 Å². The maximum atomic E-state index is 13.0. The smallest absolute Gasteiger partial charge is 0.321 e. The molecule has 2 N–H and O–H groups in total. The zero-order valence-electron chi connectivity index (χ0n) is 18.1. The molecule has 30 heavy (non-hydrogen) atoms. The summed E-state index contributed by atoms with van der Waals surface area (Å²) in [6.07, 6.45) is 9.76. The van der Waals surface area contributed by atoms with Gasteiger partial charge in [-0.05, 0) is 93.6 Å². The predicted molar refractivity (Wildman–Crippen MR) is 118 cm³/mol. The number of hydrogen-bond acceptors (Lipinski definition) is 2. The third-order valence-corrected chi connectivity index (χ3v) is 8.54. The van der Waals surface area contributed by atoms with Gasteiger partial charge >= 0.3 is 6.03 Å². The molecule has 1 heterocycles. The van der Waals surface area contributed by atoms with Crippen LogP contribution in [0.3, 0.4) is 0 Å². The van der Waals surface area contributed by atoms with Crippen molar-refractivity contribution in [3.8, 4) is 0 Å². The van der Waals surface area contributed by atoms with Crippen LogP contribution in [0.2, 0.25) is 0 Å². The SMILES string of the molecule is C[C@H](NC(=O)C1CCN(C(=O)Nc2ccccc2)CC1)C12CC3CC(CC(C3)C1)C2. The number of urea groups is 1. The Morgan fingerprint density at radius 3 is 2.10 bits per heavy atom. The number of nitrogens with one attached hydrogen (secondary N) is 2. The highest BCUT2D eigenvalue weighted by atomic mass is 16.2. The maximum Gasteiger partial charge on any atom is 0.321 e. The van der Waals surface area contributed by atoms with Gasteiger partial charge in [0.05, 0.1) is 0 Å². The highest BCUT2D eigenvalue weighted by Crippen LogP contribution is 2.61. The molecule has 1 atom stereocenters. The molecule has 5 aliphatic rings. The molecule has 5 nitrogen and oxygen atoms in total.